The summed E-state index contributed by atoms with van der Waals surface area (Å²) in [7, 11) is 0. The number of carbonyl (C=O) groups excluding carboxylic acids is 2. The predicted octanol–water partition coefficient (Wildman–Crippen LogP) is 4.71. The summed E-state index contributed by atoms with van der Waals surface area (Å²) in [5, 5.41) is 3.15. The maximum absolute atomic E-state index is 13.0. The molecule has 1 aliphatic heterocycles. The minimum absolute atomic E-state index is 0.00956. The molecule has 1 aliphatic rings. The number of hydrogen-bond acceptors (Lipinski definition) is 3. The quantitative estimate of drug-likeness (QED) is 0.255. The van der Waals surface area contributed by atoms with Gasteiger partial charge < -0.3 is 0 Å². The van der Waals surface area contributed by atoms with Gasteiger partial charge in [-0.2, -0.15) is 0 Å². The molecule has 0 atom stereocenters. The average Bonchev–Trinajstić information content (AvgIpc) is 2.71. The zero-order chi connectivity index (χ0) is 20.8. The van der Waals surface area contributed by atoms with E-state index in [9.17, 15) is 9.59 Å². The van der Waals surface area contributed by atoms with Crippen molar-refractivity contribution in [3.05, 3.63) is 70.3 Å². The highest BCUT2D eigenvalue weighted by Gasteiger charge is 2.34. The number of anilines is 1. The highest BCUT2D eigenvalue weighted by atomic mass is 35.5. The first-order valence-electron chi connectivity index (χ1n) is 9.25. The number of unbranched alkanes of at least 4 members (excludes halogenated alkanes) is 2. The topological polar surface area (TPSA) is 49.4 Å². The molecule has 0 spiro atoms. The van der Waals surface area contributed by atoms with E-state index >= 15 is 0 Å². The van der Waals surface area contributed by atoms with Crippen molar-refractivity contribution in [1.29, 1.82) is 0 Å². The number of thiocarbonyl (C=S) groups is 1. The fraction of sp³-hybridized carbons (Fsp3) is 0.174. The third kappa shape index (κ3) is 5.11. The van der Waals surface area contributed by atoms with Gasteiger partial charge in [0.25, 0.3) is 11.8 Å². The Balaban J connectivity index is 1.84. The van der Waals surface area contributed by atoms with Crippen LogP contribution in [0.4, 0.5) is 5.69 Å². The van der Waals surface area contributed by atoms with Gasteiger partial charge in [-0.1, -0.05) is 48.9 Å². The summed E-state index contributed by atoms with van der Waals surface area (Å²) in [4.78, 5) is 26.6. The highest BCUT2D eigenvalue weighted by Crippen LogP contribution is 2.23. The van der Waals surface area contributed by atoms with Gasteiger partial charge in [-0.25, -0.2) is 0 Å². The number of halogens is 1. The molecule has 1 N–H and O–H groups in total. The van der Waals surface area contributed by atoms with E-state index in [0.717, 1.165) is 30.4 Å². The maximum atomic E-state index is 13.0. The fourth-order valence-corrected chi connectivity index (χ4v) is 3.15. The number of amides is 2. The van der Waals surface area contributed by atoms with Crippen LogP contribution in [0.1, 0.15) is 37.3 Å². The van der Waals surface area contributed by atoms with E-state index in [1.54, 1.807) is 30.3 Å². The number of rotatable bonds is 4. The van der Waals surface area contributed by atoms with E-state index in [1.807, 2.05) is 24.3 Å². The minimum atomic E-state index is -0.520. The Bertz CT molecular complexity index is 1030. The molecule has 0 saturated carbocycles. The van der Waals surface area contributed by atoms with Crippen molar-refractivity contribution in [1.82, 2.24) is 5.32 Å². The third-order valence-corrected chi connectivity index (χ3v) is 4.83. The van der Waals surface area contributed by atoms with E-state index in [-0.39, 0.29) is 10.7 Å². The van der Waals surface area contributed by atoms with Crippen molar-refractivity contribution < 1.29 is 9.59 Å². The molecule has 0 radical (unpaired) electrons. The van der Waals surface area contributed by atoms with Crippen LogP contribution in [0.5, 0.6) is 0 Å². The number of benzene rings is 2. The lowest BCUT2D eigenvalue weighted by molar-refractivity contribution is -0.122. The smallest absolute Gasteiger partial charge is 0.270 e. The number of nitrogens with zero attached hydrogens (tertiary/aromatic N) is 1. The Hall–Kier alpha value is -2.94. The lowest BCUT2D eigenvalue weighted by atomic mass is 10.1. The van der Waals surface area contributed by atoms with Crippen molar-refractivity contribution in [2.75, 3.05) is 4.90 Å². The SMILES string of the molecule is CCCCC#Cc1ccc(C=C2C(=O)NC(=S)N(c3ccc(Cl)cc3)C2=O)cc1. The Morgan fingerprint density at radius 3 is 2.45 bits per heavy atom. The van der Waals surface area contributed by atoms with Crippen LogP contribution in [0, 0.1) is 11.8 Å². The van der Waals surface area contributed by atoms with E-state index in [1.165, 1.54) is 4.90 Å². The summed E-state index contributed by atoms with van der Waals surface area (Å²) in [6, 6.07) is 14.1. The summed E-state index contributed by atoms with van der Waals surface area (Å²) in [5.74, 6) is 5.25. The Morgan fingerprint density at radius 2 is 1.79 bits per heavy atom. The summed E-state index contributed by atoms with van der Waals surface area (Å²) in [6.45, 7) is 2.13. The van der Waals surface area contributed by atoms with Crippen molar-refractivity contribution in [2.24, 2.45) is 0 Å². The molecular weight excluding hydrogens is 404 g/mol. The molecule has 1 heterocycles. The van der Waals surface area contributed by atoms with Crippen molar-refractivity contribution in [3.8, 4) is 11.8 Å². The van der Waals surface area contributed by atoms with Crippen LogP contribution in [0.25, 0.3) is 6.08 Å². The van der Waals surface area contributed by atoms with Gasteiger partial charge in [0.15, 0.2) is 5.11 Å². The predicted molar refractivity (Wildman–Crippen MR) is 121 cm³/mol. The van der Waals surface area contributed by atoms with Gasteiger partial charge in [0.1, 0.15) is 5.57 Å². The zero-order valence-corrected chi connectivity index (χ0v) is 17.4. The van der Waals surface area contributed by atoms with Crippen LogP contribution in [-0.4, -0.2) is 16.9 Å². The van der Waals surface area contributed by atoms with Crippen LogP contribution in [0.3, 0.4) is 0 Å². The fourth-order valence-electron chi connectivity index (χ4n) is 2.74. The standard InChI is InChI=1S/C23H19ClN2O2S/c1-2-3-4-5-6-16-7-9-17(10-8-16)15-20-21(27)25-23(29)26(22(20)28)19-13-11-18(24)12-14-19/h7-15H,2-4H2,1H3,(H,25,27,29). The van der Waals surface area contributed by atoms with Gasteiger partial charge in [0.05, 0.1) is 5.69 Å². The van der Waals surface area contributed by atoms with Gasteiger partial charge in [-0.05, 0) is 66.7 Å². The Labute approximate surface area is 180 Å². The lowest BCUT2D eigenvalue weighted by Crippen LogP contribution is -2.54. The van der Waals surface area contributed by atoms with Crippen molar-refractivity contribution >= 4 is 52.5 Å². The minimum Gasteiger partial charge on any atom is -0.298 e. The molecule has 1 fully saturated rings. The normalized spacial score (nSPS) is 15.2. The molecule has 6 heteroatoms. The van der Waals surface area contributed by atoms with Gasteiger partial charge in [-0.3, -0.25) is 19.8 Å². The number of nitrogens with one attached hydrogen (secondary N) is 1. The van der Waals surface area contributed by atoms with Crippen LogP contribution >= 0.6 is 23.8 Å². The van der Waals surface area contributed by atoms with E-state index < -0.39 is 11.8 Å². The Morgan fingerprint density at radius 1 is 1.10 bits per heavy atom. The zero-order valence-electron chi connectivity index (χ0n) is 15.9. The summed E-state index contributed by atoms with van der Waals surface area (Å²) < 4.78 is 0. The van der Waals surface area contributed by atoms with Gasteiger partial charge >= 0.3 is 0 Å². The highest BCUT2D eigenvalue weighted by molar-refractivity contribution is 7.80. The molecule has 0 unspecified atom stereocenters. The van der Waals surface area contributed by atoms with Gasteiger partial charge in [0.2, 0.25) is 0 Å². The van der Waals surface area contributed by atoms with Gasteiger partial charge in [-0.15, -0.1) is 0 Å². The molecule has 1 saturated heterocycles. The third-order valence-electron chi connectivity index (χ3n) is 4.30. The molecule has 2 amide bonds. The molecule has 3 rings (SSSR count). The molecule has 0 aliphatic carbocycles. The first kappa shape index (κ1) is 20.8. The summed E-state index contributed by atoms with van der Waals surface area (Å²) in [5.41, 5.74) is 2.17. The first-order valence-corrected chi connectivity index (χ1v) is 10.0. The first-order chi connectivity index (χ1) is 14.0. The average molecular weight is 423 g/mol. The molecule has 29 heavy (non-hydrogen) atoms. The maximum Gasteiger partial charge on any atom is 0.270 e. The van der Waals surface area contributed by atoms with Crippen LogP contribution in [-0.2, 0) is 9.59 Å². The Kier molecular flexibility index (Phi) is 6.82. The molecule has 146 valence electrons. The second-order valence-corrected chi connectivity index (χ2v) is 7.28. The molecule has 4 nitrogen and oxygen atoms in total. The number of carbonyl (C=O) groups is 2. The molecule has 2 aromatic rings. The van der Waals surface area contributed by atoms with E-state index in [4.69, 9.17) is 23.8 Å². The van der Waals surface area contributed by atoms with Gasteiger partial charge in [0, 0.05) is 17.0 Å². The van der Waals surface area contributed by atoms with Crippen LogP contribution < -0.4 is 10.2 Å². The van der Waals surface area contributed by atoms with E-state index in [2.05, 4.69) is 24.1 Å². The van der Waals surface area contributed by atoms with Crippen molar-refractivity contribution in [2.45, 2.75) is 26.2 Å². The molecule has 0 bridgehead atoms. The van der Waals surface area contributed by atoms with E-state index in [0.29, 0.717) is 10.7 Å². The monoisotopic (exact) mass is 422 g/mol. The van der Waals surface area contributed by atoms with Crippen LogP contribution in [0.2, 0.25) is 5.02 Å². The second kappa shape index (κ2) is 9.51. The van der Waals surface area contributed by atoms with Crippen LogP contribution in [0.15, 0.2) is 54.1 Å². The lowest BCUT2D eigenvalue weighted by Gasteiger charge is -2.28. The molecular formula is C23H19ClN2O2S. The molecule has 0 aromatic heterocycles. The van der Waals surface area contributed by atoms with Crippen molar-refractivity contribution in [3.63, 3.8) is 0 Å². The second-order valence-electron chi connectivity index (χ2n) is 6.46. The number of hydrogen-bond donors (Lipinski definition) is 1. The largest absolute Gasteiger partial charge is 0.298 e. The summed E-state index contributed by atoms with van der Waals surface area (Å²) in [6.07, 6.45) is 4.63. The molecule has 2 aromatic carbocycles. The summed E-state index contributed by atoms with van der Waals surface area (Å²) >= 11 is 11.1.